The van der Waals surface area contributed by atoms with Crippen molar-refractivity contribution in [2.24, 2.45) is 0 Å². The molecule has 0 spiro atoms. The number of nitrogens with one attached hydrogen (secondary N) is 2. The van der Waals surface area contributed by atoms with Gasteiger partial charge in [-0.3, -0.25) is 9.78 Å². The molecule has 0 unspecified atom stereocenters. The minimum Gasteiger partial charge on any atom is -0.338 e. The number of aromatic nitrogens is 3. The lowest BCUT2D eigenvalue weighted by Crippen LogP contribution is -2.07. The second kappa shape index (κ2) is 3.91. The van der Waals surface area contributed by atoms with Crippen LogP contribution in [0.15, 0.2) is 35.3 Å². The van der Waals surface area contributed by atoms with Gasteiger partial charge in [-0.2, -0.15) is 5.10 Å². The highest BCUT2D eigenvalue weighted by atomic mass is 16.1. The molecular formula is C10H10N4O. The molecule has 0 radical (unpaired) electrons. The summed E-state index contributed by atoms with van der Waals surface area (Å²) < 4.78 is 0. The summed E-state index contributed by atoms with van der Waals surface area (Å²) in [5.74, 6) is 0.584. The van der Waals surface area contributed by atoms with Crippen molar-refractivity contribution in [3.8, 4) is 0 Å². The summed E-state index contributed by atoms with van der Waals surface area (Å²) in [6.45, 7) is 1.92. The molecule has 2 rings (SSSR count). The number of hydrogen-bond acceptors (Lipinski definition) is 4. The number of H-pyrrole nitrogens is 1. The maximum Gasteiger partial charge on any atom is 0.264 e. The van der Waals surface area contributed by atoms with Gasteiger partial charge in [-0.1, -0.05) is 0 Å². The van der Waals surface area contributed by atoms with E-state index < -0.39 is 0 Å². The van der Waals surface area contributed by atoms with E-state index in [2.05, 4.69) is 20.5 Å². The van der Waals surface area contributed by atoms with E-state index in [0.717, 1.165) is 11.4 Å². The zero-order chi connectivity index (χ0) is 10.7. The van der Waals surface area contributed by atoms with E-state index in [4.69, 9.17) is 0 Å². The van der Waals surface area contributed by atoms with Gasteiger partial charge in [0.2, 0.25) is 0 Å². The van der Waals surface area contributed by atoms with Gasteiger partial charge < -0.3 is 5.32 Å². The predicted octanol–water partition coefficient (Wildman–Crippen LogP) is 1.22. The Hall–Kier alpha value is -2.17. The molecular weight excluding hydrogens is 192 g/mol. The minimum atomic E-state index is -0.220. The number of rotatable bonds is 2. The third kappa shape index (κ3) is 2.40. The fourth-order valence-corrected chi connectivity index (χ4v) is 1.10. The molecule has 0 saturated carbocycles. The van der Waals surface area contributed by atoms with E-state index in [1.807, 2.05) is 19.1 Å². The second-order valence-corrected chi connectivity index (χ2v) is 3.12. The molecule has 5 nitrogen and oxygen atoms in total. The molecule has 15 heavy (non-hydrogen) atoms. The Kier molecular flexibility index (Phi) is 2.45. The average molecular weight is 202 g/mol. The normalized spacial score (nSPS) is 9.93. The van der Waals surface area contributed by atoms with Crippen LogP contribution in [-0.4, -0.2) is 15.2 Å². The Labute approximate surface area is 86.2 Å². The lowest BCUT2D eigenvalue weighted by molar-refractivity contribution is 0.993. The monoisotopic (exact) mass is 202 g/mol. The predicted molar refractivity (Wildman–Crippen MR) is 57.1 cm³/mol. The number of aryl methyl sites for hydroxylation is 1. The minimum absolute atomic E-state index is 0.220. The number of nitrogens with zero attached hydrogens (tertiary/aromatic N) is 2. The smallest absolute Gasteiger partial charge is 0.264 e. The third-order valence-electron chi connectivity index (χ3n) is 1.86. The first kappa shape index (κ1) is 9.39. The van der Waals surface area contributed by atoms with Crippen molar-refractivity contribution in [3.05, 3.63) is 46.5 Å². The van der Waals surface area contributed by atoms with Crippen LogP contribution in [0.5, 0.6) is 0 Å². The molecule has 2 N–H and O–H groups in total. The zero-order valence-corrected chi connectivity index (χ0v) is 8.19. The van der Waals surface area contributed by atoms with Gasteiger partial charge in [0.15, 0.2) is 5.82 Å². The molecule has 76 valence electrons. The van der Waals surface area contributed by atoms with Gasteiger partial charge in [0.05, 0.1) is 11.9 Å². The van der Waals surface area contributed by atoms with Crippen molar-refractivity contribution >= 4 is 11.5 Å². The average Bonchev–Trinajstić information content (AvgIpc) is 2.25. The van der Waals surface area contributed by atoms with E-state index in [9.17, 15) is 4.79 Å². The van der Waals surface area contributed by atoms with Gasteiger partial charge in [-0.25, -0.2) is 5.10 Å². The van der Waals surface area contributed by atoms with Crippen LogP contribution >= 0.6 is 0 Å². The summed E-state index contributed by atoms with van der Waals surface area (Å²) >= 11 is 0. The molecule has 0 fully saturated rings. The lowest BCUT2D eigenvalue weighted by atomic mass is 10.3. The first-order valence-electron chi connectivity index (χ1n) is 4.49. The van der Waals surface area contributed by atoms with Gasteiger partial charge in [-0.05, 0) is 25.1 Å². The van der Waals surface area contributed by atoms with Gasteiger partial charge in [0.25, 0.3) is 5.56 Å². The second-order valence-electron chi connectivity index (χ2n) is 3.12. The van der Waals surface area contributed by atoms with Crippen molar-refractivity contribution in [1.29, 1.82) is 0 Å². The lowest BCUT2D eigenvalue weighted by Gasteiger charge is -2.03. The number of hydrogen-bond donors (Lipinski definition) is 2. The summed E-state index contributed by atoms with van der Waals surface area (Å²) in [6, 6.07) is 6.82. The Bertz CT molecular complexity index is 483. The SMILES string of the molecule is Cc1ccc(Nc2ccc(=O)[nH]n2)cn1. The summed E-state index contributed by atoms with van der Waals surface area (Å²) in [7, 11) is 0. The molecule has 0 aromatic carbocycles. The Morgan fingerprint density at radius 1 is 1.27 bits per heavy atom. The maximum atomic E-state index is 10.8. The van der Waals surface area contributed by atoms with Gasteiger partial charge >= 0.3 is 0 Å². The van der Waals surface area contributed by atoms with Crippen molar-refractivity contribution in [2.75, 3.05) is 5.32 Å². The van der Waals surface area contributed by atoms with Crippen molar-refractivity contribution in [1.82, 2.24) is 15.2 Å². The number of anilines is 2. The quantitative estimate of drug-likeness (QED) is 0.768. The van der Waals surface area contributed by atoms with Crippen LogP contribution in [0.4, 0.5) is 11.5 Å². The van der Waals surface area contributed by atoms with E-state index in [1.54, 1.807) is 12.3 Å². The topological polar surface area (TPSA) is 70.7 Å². The van der Waals surface area contributed by atoms with Crippen molar-refractivity contribution in [2.45, 2.75) is 6.92 Å². The van der Waals surface area contributed by atoms with E-state index in [-0.39, 0.29) is 5.56 Å². The largest absolute Gasteiger partial charge is 0.338 e. The maximum absolute atomic E-state index is 10.8. The molecule has 0 saturated heterocycles. The summed E-state index contributed by atoms with van der Waals surface area (Å²) in [5, 5.41) is 9.18. The molecule has 5 heteroatoms. The fraction of sp³-hybridized carbons (Fsp3) is 0.100. The third-order valence-corrected chi connectivity index (χ3v) is 1.86. The van der Waals surface area contributed by atoms with Crippen molar-refractivity contribution in [3.63, 3.8) is 0 Å². The van der Waals surface area contributed by atoms with Crippen LogP contribution < -0.4 is 10.9 Å². The van der Waals surface area contributed by atoms with E-state index in [0.29, 0.717) is 5.82 Å². The fourth-order valence-electron chi connectivity index (χ4n) is 1.10. The number of aromatic amines is 1. The molecule has 0 aliphatic rings. The molecule has 0 atom stereocenters. The van der Waals surface area contributed by atoms with Gasteiger partial charge in [0, 0.05) is 11.8 Å². The molecule has 0 aliphatic carbocycles. The summed E-state index contributed by atoms with van der Waals surface area (Å²) in [5.41, 5.74) is 1.57. The molecule has 0 aliphatic heterocycles. The highest BCUT2D eigenvalue weighted by Crippen LogP contribution is 2.11. The molecule has 2 aromatic heterocycles. The van der Waals surface area contributed by atoms with Crippen LogP contribution in [0, 0.1) is 6.92 Å². The van der Waals surface area contributed by atoms with Crippen molar-refractivity contribution < 1.29 is 0 Å². The van der Waals surface area contributed by atoms with Crippen LogP contribution in [0.3, 0.4) is 0 Å². The zero-order valence-electron chi connectivity index (χ0n) is 8.19. The summed E-state index contributed by atoms with van der Waals surface area (Å²) in [4.78, 5) is 14.9. The van der Waals surface area contributed by atoms with Crippen LogP contribution in [-0.2, 0) is 0 Å². The first-order chi connectivity index (χ1) is 7.24. The van der Waals surface area contributed by atoms with Crippen LogP contribution in [0.2, 0.25) is 0 Å². The molecule has 2 heterocycles. The van der Waals surface area contributed by atoms with Crippen LogP contribution in [0.1, 0.15) is 5.69 Å². The Morgan fingerprint density at radius 2 is 2.13 bits per heavy atom. The van der Waals surface area contributed by atoms with Gasteiger partial charge in [-0.15, -0.1) is 0 Å². The highest BCUT2D eigenvalue weighted by Gasteiger charge is 1.95. The Morgan fingerprint density at radius 3 is 2.73 bits per heavy atom. The molecule has 0 amide bonds. The highest BCUT2D eigenvalue weighted by molar-refractivity contribution is 5.53. The van der Waals surface area contributed by atoms with E-state index >= 15 is 0 Å². The van der Waals surface area contributed by atoms with Crippen LogP contribution in [0.25, 0.3) is 0 Å². The molecule has 2 aromatic rings. The molecule has 0 bridgehead atoms. The summed E-state index contributed by atoms with van der Waals surface area (Å²) in [6.07, 6.45) is 1.71. The van der Waals surface area contributed by atoms with E-state index in [1.165, 1.54) is 6.07 Å². The number of pyridine rings is 1. The standard InChI is InChI=1S/C10H10N4O/c1-7-2-3-8(6-11-7)12-9-4-5-10(15)14-13-9/h2-6H,1H3,(H,12,13)(H,14,15). The Balaban J connectivity index is 2.18. The first-order valence-corrected chi connectivity index (χ1v) is 4.49. The van der Waals surface area contributed by atoms with Gasteiger partial charge in [0.1, 0.15) is 0 Å².